The average molecular weight is 204 g/mol. The van der Waals surface area contributed by atoms with Gasteiger partial charge in [0.15, 0.2) is 9.84 Å². The highest BCUT2D eigenvalue weighted by Crippen LogP contribution is 2.18. The predicted octanol–water partition coefficient (Wildman–Crippen LogP) is 2.04. The lowest BCUT2D eigenvalue weighted by Crippen LogP contribution is -2.22. The molecule has 0 spiro atoms. The van der Waals surface area contributed by atoms with E-state index >= 15 is 0 Å². The van der Waals surface area contributed by atoms with Crippen molar-refractivity contribution in [2.45, 2.75) is 25.7 Å². The van der Waals surface area contributed by atoms with Gasteiger partial charge in [0.2, 0.25) is 0 Å². The second-order valence-electron chi connectivity index (χ2n) is 4.11. The van der Waals surface area contributed by atoms with E-state index in [-0.39, 0.29) is 0 Å². The molecule has 0 radical (unpaired) electrons. The maximum absolute atomic E-state index is 11.1. The van der Waals surface area contributed by atoms with Gasteiger partial charge in [-0.1, -0.05) is 26.2 Å². The van der Waals surface area contributed by atoms with Crippen molar-refractivity contribution in [3.63, 3.8) is 0 Å². The van der Waals surface area contributed by atoms with Gasteiger partial charge in [-0.15, -0.1) is 5.73 Å². The summed E-state index contributed by atoms with van der Waals surface area (Å²) < 4.78 is 22.2. The Kier molecular flexibility index (Phi) is 3.51. The number of hydrogen-bond donors (Lipinski definition) is 0. The van der Waals surface area contributed by atoms with E-state index < -0.39 is 17.9 Å². The van der Waals surface area contributed by atoms with Gasteiger partial charge in [0.25, 0.3) is 0 Å². The van der Waals surface area contributed by atoms with E-state index in [2.05, 4.69) is 32.0 Å². The Bertz CT molecular complexity index is 302. The van der Waals surface area contributed by atoms with Crippen LogP contribution in [-0.4, -0.2) is 22.7 Å². The van der Waals surface area contributed by atoms with Crippen molar-refractivity contribution in [3.05, 3.63) is 17.2 Å². The number of rotatable bonds is 3. The van der Waals surface area contributed by atoms with E-state index in [1.54, 1.807) is 0 Å². The lowest BCUT2D eigenvalue weighted by Gasteiger charge is -2.15. The third-order valence-electron chi connectivity index (χ3n) is 1.34. The zero-order chi connectivity index (χ0) is 9.99. The molecule has 0 aliphatic heterocycles. The first-order valence-corrected chi connectivity index (χ1v) is 9.35. The molecule has 0 saturated heterocycles. The summed E-state index contributed by atoms with van der Waals surface area (Å²) in [5, 5.41) is 0. The molecule has 0 rings (SSSR count). The van der Waals surface area contributed by atoms with Gasteiger partial charge in [-0.05, 0) is 6.04 Å². The molecule has 70 valence electrons. The van der Waals surface area contributed by atoms with E-state index in [0.717, 1.165) is 0 Å². The first-order valence-electron chi connectivity index (χ1n) is 3.76. The molecule has 4 heteroatoms. The first-order chi connectivity index (χ1) is 5.17. The lowest BCUT2D eigenvalue weighted by atomic mass is 10.7. The van der Waals surface area contributed by atoms with Gasteiger partial charge >= 0.3 is 0 Å². The summed E-state index contributed by atoms with van der Waals surface area (Å²) in [6.07, 6.45) is 1.21. The molecule has 0 aromatic rings. The van der Waals surface area contributed by atoms with E-state index in [1.807, 2.05) is 0 Å². The van der Waals surface area contributed by atoms with Crippen molar-refractivity contribution in [2.75, 3.05) is 6.26 Å². The van der Waals surface area contributed by atoms with Gasteiger partial charge in [0.1, 0.15) is 0 Å². The smallest absolute Gasteiger partial charge is 0.178 e. The van der Waals surface area contributed by atoms with E-state index in [1.165, 1.54) is 6.26 Å². The number of sulfone groups is 1. The Morgan fingerprint density at radius 3 is 1.92 bits per heavy atom. The zero-order valence-corrected chi connectivity index (χ0v) is 9.96. The summed E-state index contributed by atoms with van der Waals surface area (Å²) >= 11 is 0. The molecule has 0 amide bonds. The second-order valence-corrected chi connectivity index (χ2v) is 11.6. The van der Waals surface area contributed by atoms with Crippen molar-refractivity contribution >= 4 is 17.9 Å². The van der Waals surface area contributed by atoms with Gasteiger partial charge in [-0.25, -0.2) is 8.42 Å². The molecular weight excluding hydrogens is 188 g/mol. The molecule has 0 aliphatic carbocycles. The molecule has 0 aromatic heterocycles. The van der Waals surface area contributed by atoms with Crippen LogP contribution in [0.1, 0.15) is 0 Å². The zero-order valence-electron chi connectivity index (χ0n) is 8.14. The van der Waals surface area contributed by atoms with Gasteiger partial charge < -0.3 is 0 Å². The van der Waals surface area contributed by atoms with Crippen LogP contribution in [0, 0.1) is 0 Å². The normalized spacial score (nSPS) is 12.3. The molecule has 2 nitrogen and oxygen atoms in total. The van der Waals surface area contributed by atoms with E-state index in [0.29, 0.717) is 10.9 Å². The Balaban J connectivity index is 4.80. The van der Waals surface area contributed by atoms with Crippen LogP contribution >= 0.6 is 0 Å². The fourth-order valence-electron chi connectivity index (χ4n) is 0.806. The van der Waals surface area contributed by atoms with Crippen LogP contribution in [-0.2, 0) is 9.84 Å². The van der Waals surface area contributed by atoms with Crippen molar-refractivity contribution in [1.82, 2.24) is 0 Å². The summed E-state index contributed by atoms with van der Waals surface area (Å²) in [7, 11) is -4.44. The summed E-state index contributed by atoms with van der Waals surface area (Å²) in [5.74, 6) is 0. The summed E-state index contributed by atoms with van der Waals surface area (Å²) in [4.78, 5) is 0.363. The SMILES string of the molecule is C=C=C(C[Si](C)(C)C)S(C)(=O)=O. The second kappa shape index (κ2) is 3.60. The highest BCUT2D eigenvalue weighted by molar-refractivity contribution is 7.94. The predicted molar refractivity (Wildman–Crippen MR) is 55.6 cm³/mol. The van der Waals surface area contributed by atoms with Gasteiger partial charge in [0, 0.05) is 6.26 Å². The first kappa shape index (κ1) is 11.7. The molecule has 12 heavy (non-hydrogen) atoms. The van der Waals surface area contributed by atoms with Crippen molar-refractivity contribution in [3.8, 4) is 0 Å². The minimum Gasteiger partial charge on any atom is -0.224 e. The van der Waals surface area contributed by atoms with Crippen LogP contribution in [0.5, 0.6) is 0 Å². The fraction of sp³-hybridized carbons (Fsp3) is 0.625. The minimum atomic E-state index is -3.07. The van der Waals surface area contributed by atoms with E-state index in [4.69, 9.17) is 0 Å². The third kappa shape index (κ3) is 4.54. The molecule has 0 aliphatic rings. The maximum atomic E-state index is 11.1. The molecule has 0 aromatic carbocycles. The Labute approximate surface area is 75.9 Å². The topological polar surface area (TPSA) is 34.1 Å². The minimum absolute atomic E-state index is 0.363. The van der Waals surface area contributed by atoms with Gasteiger partial charge in [-0.2, -0.15) is 0 Å². The molecule has 0 fully saturated rings. The summed E-state index contributed by atoms with van der Waals surface area (Å²) in [6, 6.07) is 0.634. The molecular formula is C8H16O2SSi. The highest BCUT2D eigenvalue weighted by atomic mass is 32.2. The van der Waals surface area contributed by atoms with Crippen LogP contribution in [0.2, 0.25) is 25.7 Å². The molecule has 0 N–H and O–H groups in total. The summed E-state index contributed by atoms with van der Waals surface area (Å²) in [5.41, 5.74) is 2.51. The Morgan fingerprint density at radius 1 is 1.42 bits per heavy atom. The highest BCUT2D eigenvalue weighted by Gasteiger charge is 2.20. The standard InChI is InChI=1S/C8H16O2SSi/c1-6-8(11(2,9)10)7-12(3,4)5/h1,7H2,2-5H3. The van der Waals surface area contributed by atoms with Crippen LogP contribution in [0.25, 0.3) is 0 Å². The van der Waals surface area contributed by atoms with Crippen LogP contribution in [0.15, 0.2) is 17.2 Å². The molecule has 0 unspecified atom stereocenters. The molecule has 0 saturated carbocycles. The summed E-state index contributed by atoms with van der Waals surface area (Å²) in [6.45, 7) is 9.75. The fourth-order valence-corrected chi connectivity index (χ4v) is 4.50. The molecule has 0 atom stereocenters. The Hall–Kier alpha value is -0.313. The number of hydrogen-bond acceptors (Lipinski definition) is 2. The van der Waals surface area contributed by atoms with Crippen LogP contribution in [0.4, 0.5) is 0 Å². The largest absolute Gasteiger partial charge is 0.224 e. The van der Waals surface area contributed by atoms with Gasteiger partial charge in [0.05, 0.1) is 13.0 Å². The van der Waals surface area contributed by atoms with Crippen molar-refractivity contribution < 1.29 is 8.42 Å². The average Bonchev–Trinajstić information content (AvgIpc) is 1.78. The molecule has 0 bridgehead atoms. The van der Waals surface area contributed by atoms with Crippen LogP contribution < -0.4 is 0 Å². The Morgan fingerprint density at radius 2 is 1.83 bits per heavy atom. The van der Waals surface area contributed by atoms with Crippen molar-refractivity contribution in [2.24, 2.45) is 0 Å². The lowest BCUT2D eigenvalue weighted by molar-refractivity contribution is 0.607. The van der Waals surface area contributed by atoms with Gasteiger partial charge in [-0.3, -0.25) is 0 Å². The van der Waals surface area contributed by atoms with Crippen LogP contribution in [0.3, 0.4) is 0 Å². The quantitative estimate of drug-likeness (QED) is 0.521. The molecule has 0 heterocycles. The third-order valence-corrected chi connectivity index (χ3v) is 4.19. The van der Waals surface area contributed by atoms with Crippen molar-refractivity contribution in [1.29, 1.82) is 0 Å². The maximum Gasteiger partial charge on any atom is 0.178 e. The number of allylic oxidation sites excluding steroid dienone is 1. The monoisotopic (exact) mass is 204 g/mol. The van der Waals surface area contributed by atoms with E-state index in [9.17, 15) is 8.42 Å².